The lowest BCUT2D eigenvalue weighted by atomic mass is 9.94. The van der Waals surface area contributed by atoms with Gasteiger partial charge in [-0.3, -0.25) is 0 Å². The van der Waals surface area contributed by atoms with E-state index in [1.807, 2.05) is 0 Å². The lowest BCUT2D eigenvalue weighted by molar-refractivity contribution is -0.215. The Hall–Kier alpha value is -1.66. The standard InChI is InChI=1S/C9H14O3.C9H16O3/c1-2-8(10)12-9(11)6-4-3-5-7-9;1-2-9(11)12-8-6-4-3-5-7-10/h2,11H,1,3-7H2;2,10H,1,3-8H2. The van der Waals surface area contributed by atoms with E-state index in [0.29, 0.717) is 19.4 Å². The lowest BCUT2D eigenvalue weighted by Gasteiger charge is -2.30. The lowest BCUT2D eigenvalue weighted by Crippen LogP contribution is -2.36. The van der Waals surface area contributed by atoms with Crippen molar-refractivity contribution in [2.45, 2.75) is 63.6 Å². The van der Waals surface area contributed by atoms with Gasteiger partial charge >= 0.3 is 11.9 Å². The number of carbonyl (C=O) groups is 2. The summed E-state index contributed by atoms with van der Waals surface area (Å²) in [6, 6.07) is 0. The molecule has 24 heavy (non-hydrogen) atoms. The molecule has 0 aromatic rings. The predicted molar refractivity (Wildman–Crippen MR) is 91.0 cm³/mol. The molecule has 0 atom stereocenters. The zero-order valence-electron chi connectivity index (χ0n) is 14.4. The normalized spacial score (nSPS) is 15.4. The molecular formula is C18H30O6. The number of carbonyl (C=O) groups excluding carboxylic acids is 2. The van der Waals surface area contributed by atoms with Crippen LogP contribution in [0.4, 0.5) is 0 Å². The Kier molecular flexibility index (Phi) is 12.8. The molecule has 0 aromatic carbocycles. The summed E-state index contributed by atoms with van der Waals surface area (Å²) in [5, 5.41) is 18.1. The molecule has 1 aliphatic carbocycles. The van der Waals surface area contributed by atoms with Crippen molar-refractivity contribution in [1.82, 2.24) is 0 Å². The molecule has 2 N–H and O–H groups in total. The fourth-order valence-electron chi connectivity index (χ4n) is 2.23. The Morgan fingerprint density at radius 3 is 2.08 bits per heavy atom. The number of ether oxygens (including phenoxy) is 2. The molecule has 1 fully saturated rings. The van der Waals surface area contributed by atoms with Gasteiger partial charge in [-0.1, -0.05) is 26.0 Å². The molecule has 1 saturated carbocycles. The monoisotopic (exact) mass is 342 g/mol. The Balaban J connectivity index is 0.000000441. The third-order valence-corrected chi connectivity index (χ3v) is 3.56. The molecule has 0 aliphatic heterocycles. The summed E-state index contributed by atoms with van der Waals surface area (Å²) in [6.45, 7) is 7.25. The molecule has 0 saturated heterocycles. The van der Waals surface area contributed by atoms with Crippen LogP contribution in [0.25, 0.3) is 0 Å². The van der Waals surface area contributed by atoms with Crippen molar-refractivity contribution in [2.75, 3.05) is 13.2 Å². The summed E-state index contributed by atoms with van der Waals surface area (Å²) in [4.78, 5) is 21.3. The number of rotatable bonds is 9. The fourth-order valence-corrected chi connectivity index (χ4v) is 2.23. The first kappa shape index (κ1) is 22.3. The number of aliphatic hydroxyl groups is 2. The van der Waals surface area contributed by atoms with Crippen LogP contribution in [0.1, 0.15) is 57.8 Å². The molecule has 0 radical (unpaired) electrons. The Bertz CT molecular complexity index is 385. The Morgan fingerprint density at radius 2 is 1.54 bits per heavy atom. The second-order valence-electron chi connectivity index (χ2n) is 5.64. The van der Waals surface area contributed by atoms with Gasteiger partial charge in [0.05, 0.1) is 6.61 Å². The highest BCUT2D eigenvalue weighted by atomic mass is 16.7. The van der Waals surface area contributed by atoms with E-state index in [1.54, 1.807) is 0 Å². The molecule has 0 heterocycles. The third kappa shape index (κ3) is 11.8. The average molecular weight is 342 g/mol. The molecule has 0 amide bonds. The van der Waals surface area contributed by atoms with E-state index < -0.39 is 11.8 Å². The van der Waals surface area contributed by atoms with E-state index in [2.05, 4.69) is 13.2 Å². The van der Waals surface area contributed by atoms with Gasteiger partial charge < -0.3 is 19.7 Å². The van der Waals surface area contributed by atoms with Crippen molar-refractivity contribution < 1.29 is 29.3 Å². The molecule has 6 nitrogen and oxygen atoms in total. The van der Waals surface area contributed by atoms with E-state index >= 15 is 0 Å². The molecule has 6 heteroatoms. The highest BCUT2D eigenvalue weighted by molar-refractivity contribution is 5.81. The van der Waals surface area contributed by atoms with Crippen molar-refractivity contribution in [3.63, 3.8) is 0 Å². The maximum atomic E-state index is 10.8. The third-order valence-electron chi connectivity index (χ3n) is 3.56. The van der Waals surface area contributed by atoms with Gasteiger partial charge in [0.1, 0.15) is 0 Å². The van der Waals surface area contributed by atoms with Crippen molar-refractivity contribution in [3.8, 4) is 0 Å². The Labute approximate surface area is 144 Å². The minimum absolute atomic E-state index is 0.243. The fraction of sp³-hybridized carbons (Fsp3) is 0.667. The maximum absolute atomic E-state index is 10.8. The largest absolute Gasteiger partial charge is 0.463 e. The summed E-state index contributed by atoms with van der Waals surface area (Å²) >= 11 is 0. The molecule has 0 bridgehead atoms. The van der Waals surface area contributed by atoms with Gasteiger partial charge in [-0.15, -0.1) is 0 Å². The van der Waals surface area contributed by atoms with Gasteiger partial charge in [-0.25, -0.2) is 9.59 Å². The number of unbranched alkanes of at least 4 members (excludes halogenated alkanes) is 3. The van der Waals surface area contributed by atoms with Crippen LogP contribution in [0.2, 0.25) is 0 Å². The van der Waals surface area contributed by atoms with Crippen LogP contribution in [0.5, 0.6) is 0 Å². The molecule has 0 spiro atoms. The van der Waals surface area contributed by atoms with Crippen molar-refractivity contribution in [3.05, 3.63) is 25.3 Å². The summed E-state index contributed by atoms with van der Waals surface area (Å²) < 4.78 is 9.58. The highest BCUT2D eigenvalue weighted by Crippen LogP contribution is 2.28. The molecule has 0 aromatic heterocycles. The Morgan fingerprint density at radius 1 is 0.958 bits per heavy atom. The summed E-state index contributed by atoms with van der Waals surface area (Å²) in [6.07, 6.45) is 9.94. The predicted octanol–water partition coefficient (Wildman–Crippen LogP) is 2.64. The number of esters is 2. The van der Waals surface area contributed by atoms with Crippen LogP contribution < -0.4 is 0 Å². The van der Waals surface area contributed by atoms with Crippen LogP contribution in [0.15, 0.2) is 25.3 Å². The average Bonchev–Trinajstić information content (AvgIpc) is 2.58. The van der Waals surface area contributed by atoms with Crippen LogP contribution in [0, 0.1) is 0 Å². The molecule has 1 aliphatic rings. The second kappa shape index (κ2) is 13.7. The van der Waals surface area contributed by atoms with Crippen LogP contribution in [-0.4, -0.2) is 41.2 Å². The van der Waals surface area contributed by atoms with Crippen LogP contribution >= 0.6 is 0 Å². The number of hydrogen-bond acceptors (Lipinski definition) is 6. The molecule has 0 unspecified atom stereocenters. The van der Waals surface area contributed by atoms with Gasteiger partial charge in [-0.2, -0.15) is 0 Å². The summed E-state index contributed by atoms with van der Waals surface area (Å²) in [5.41, 5.74) is 0. The van der Waals surface area contributed by atoms with Crippen molar-refractivity contribution >= 4 is 11.9 Å². The number of hydrogen-bond donors (Lipinski definition) is 2. The van der Waals surface area contributed by atoms with E-state index in [4.69, 9.17) is 14.6 Å². The van der Waals surface area contributed by atoms with Crippen LogP contribution in [-0.2, 0) is 19.1 Å². The SMILES string of the molecule is C=CC(=O)OC1(O)CCCCC1.C=CC(=O)OCCCCCCO. The zero-order chi connectivity index (χ0) is 18.3. The zero-order valence-corrected chi connectivity index (χ0v) is 14.4. The number of aliphatic hydroxyl groups excluding tert-OH is 1. The maximum Gasteiger partial charge on any atom is 0.332 e. The summed E-state index contributed by atoms with van der Waals surface area (Å²) in [5.74, 6) is -2.12. The van der Waals surface area contributed by atoms with E-state index in [-0.39, 0.29) is 12.6 Å². The molecule has 138 valence electrons. The first-order valence-corrected chi connectivity index (χ1v) is 8.45. The van der Waals surface area contributed by atoms with Gasteiger partial charge in [-0.05, 0) is 32.1 Å². The van der Waals surface area contributed by atoms with Crippen molar-refractivity contribution in [1.29, 1.82) is 0 Å². The topological polar surface area (TPSA) is 93.1 Å². The van der Waals surface area contributed by atoms with E-state index in [1.165, 1.54) is 0 Å². The minimum atomic E-state index is -1.22. The van der Waals surface area contributed by atoms with Gasteiger partial charge in [0.15, 0.2) is 0 Å². The van der Waals surface area contributed by atoms with E-state index in [9.17, 15) is 14.7 Å². The van der Waals surface area contributed by atoms with Gasteiger partial charge in [0, 0.05) is 31.6 Å². The first-order chi connectivity index (χ1) is 11.5. The smallest absolute Gasteiger partial charge is 0.332 e. The highest BCUT2D eigenvalue weighted by Gasteiger charge is 2.32. The molecular weight excluding hydrogens is 312 g/mol. The first-order valence-electron chi connectivity index (χ1n) is 8.45. The minimum Gasteiger partial charge on any atom is -0.463 e. The molecule has 1 rings (SSSR count). The van der Waals surface area contributed by atoms with Gasteiger partial charge in [0.2, 0.25) is 5.79 Å². The van der Waals surface area contributed by atoms with Crippen molar-refractivity contribution in [2.24, 2.45) is 0 Å². The quantitative estimate of drug-likeness (QED) is 0.290. The van der Waals surface area contributed by atoms with Crippen LogP contribution in [0.3, 0.4) is 0 Å². The van der Waals surface area contributed by atoms with E-state index in [0.717, 1.165) is 57.1 Å². The summed E-state index contributed by atoms with van der Waals surface area (Å²) in [7, 11) is 0. The van der Waals surface area contributed by atoms with Gasteiger partial charge in [0.25, 0.3) is 0 Å². The second-order valence-corrected chi connectivity index (χ2v) is 5.64.